The van der Waals surface area contributed by atoms with Crippen LogP contribution < -0.4 is 4.90 Å². The van der Waals surface area contributed by atoms with E-state index in [1.54, 1.807) is 12.4 Å². The van der Waals surface area contributed by atoms with Crippen LogP contribution in [0.3, 0.4) is 0 Å². The number of hydrogen-bond donors (Lipinski definition) is 0. The van der Waals surface area contributed by atoms with Gasteiger partial charge in [0.1, 0.15) is 11.3 Å². The van der Waals surface area contributed by atoms with Crippen molar-refractivity contribution in [3.8, 4) is 0 Å². The monoisotopic (exact) mass is 314 g/mol. The molecule has 23 heavy (non-hydrogen) atoms. The molecule has 6 nitrogen and oxygen atoms in total. The van der Waals surface area contributed by atoms with Crippen molar-refractivity contribution in [2.45, 2.75) is 26.7 Å². The Morgan fingerprint density at radius 1 is 1.30 bits per heavy atom. The molecule has 2 aromatic heterocycles. The van der Waals surface area contributed by atoms with Gasteiger partial charge >= 0.3 is 5.97 Å². The predicted octanol–water partition coefficient (Wildman–Crippen LogP) is 2.44. The molecule has 1 unspecified atom stereocenters. The van der Waals surface area contributed by atoms with Crippen LogP contribution in [0.2, 0.25) is 0 Å². The maximum atomic E-state index is 12.1. The fourth-order valence-electron chi connectivity index (χ4n) is 3.22. The highest BCUT2D eigenvalue weighted by atomic mass is 16.5. The number of methoxy groups -OCH3 is 1. The molecule has 3 rings (SSSR count). The van der Waals surface area contributed by atoms with Crippen LogP contribution in [0.15, 0.2) is 24.5 Å². The molecule has 1 fully saturated rings. The summed E-state index contributed by atoms with van der Waals surface area (Å²) >= 11 is 0. The van der Waals surface area contributed by atoms with Crippen LogP contribution >= 0.6 is 0 Å². The molecule has 1 saturated heterocycles. The molecule has 0 radical (unpaired) electrons. The molecule has 0 amide bonds. The zero-order chi connectivity index (χ0) is 16.4. The number of nitrogens with zero attached hydrogens (tertiary/aromatic N) is 4. The van der Waals surface area contributed by atoms with E-state index in [0.717, 1.165) is 37.3 Å². The lowest BCUT2D eigenvalue weighted by Crippen LogP contribution is -2.45. The molecule has 0 aromatic carbocycles. The van der Waals surface area contributed by atoms with E-state index in [2.05, 4.69) is 19.9 Å². The Morgan fingerprint density at radius 2 is 2.09 bits per heavy atom. The Morgan fingerprint density at radius 3 is 2.87 bits per heavy atom. The zero-order valence-electron chi connectivity index (χ0n) is 13.8. The SMILES string of the molecule is COC(=O)C(C)(C)C1CCCN(c2ccc3nccnc3n2)C1. The molecular formula is C17H22N4O2. The van der Waals surface area contributed by atoms with Gasteiger partial charge in [0.25, 0.3) is 0 Å². The van der Waals surface area contributed by atoms with Gasteiger partial charge in [0, 0.05) is 25.5 Å². The minimum absolute atomic E-state index is 0.151. The van der Waals surface area contributed by atoms with E-state index in [1.165, 1.54) is 7.11 Å². The molecule has 0 spiro atoms. The second-order valence-corrected chi connectivity index (χ2v) is 6.57. The van der Waals surface area contributed by atoms with E-state index in [-0.39, 0.29) is 11.9 Å². The molecule has 0 bridgehead atoms. The topological polar surface area (TPSA) is 68.2 Å². The maximum absolute atomic E-state index is 12.1. The van der Waals surface area contributed by atoms with Gasteiger partial charge in [0.2, 0.25) is 0 Å². The predicted molar refractivity (Wildman–Crippen MR) is 88.1 cm³/mol. The van der Waals surface area contributed by atoms with Crippen molar-refractivity contribution in [1.29, 1.82) is 0 Å². The number of rotatable bonds is 3. The highest BCUT2D eigenvalue weighted by Gasteiger charge is 2.40. The van der Waals surface area contributed by atoms with Crippen molar-refractivity contribution in [3.63, 3.8) is 0 Å². The summed E-state index contributed by atoms with van der Waals surface area (Å²) in [5, 5.41) is 0. The number of fused-ring (bicyclic) bond motifs is 1. The highest BCUT2D eigenvalue weighted by Crippen LogP contribution is 2.36. The number of carbonyl (C=O) groups excluding carboxylic acids is 1. The van der Waals surface area contributed by atoms with Crippen LogP contribution in [-0.2, 0) is 9.53 Å². The summed E-state index contributed by atoms with van der Waals surface area (Å²) < 4.78 is 4.98. The van der Waals surface area contributed by atoms with E-state index in [9.17, 15) is 4.79 Å². The third kappa shape index (κ3) is 2.98. The van der Waals surface area contributed by atoms with Gasteiger partial charge in [-0.05, 0) is 44.7 Å². The summed E-state index contributed by atoms with van der Waals surface area (Å²) in [7, 11) is 1.45. The van der Waals surface area contributed by atoms with Crippen molar-refractivity contribution in [2.75, 3.05) is 25.1 Å². The third-order valence-corrected chi connectivity index (χ3v) is 4.79. The molecule has 0 N–H and O–H groups in total. The Bertz CT molecular complexity index is 717. The molecule has 3 heterocycles. The zero-order valence-corrected chi connectivity index (χ0v) is 13.8. The van der Waals surface area contributed by atoms with E-state index in [4.69, 9.17) is 4.74 Å². The second-order valence-electron chi connectivity index (χ2n) is 6.57. The van der Waals surface area contributed by atoms with E-state index in [1.807, 2.05) is 26.0 Å². The standard InChI is InChI=1S/C17H22N4O2/c1-17(2,16(22)23-3)12-5-4-10-21(11-12)14-7-6-13-15(20-14)19-9-8-18-13/h6-9,12H,4-5,10-11H2,1-3H3. The van der Waals surface area contributed by atoms with Crippen molar-refractivity contribution in [1.82, 2.24) is 15.0 Å². The maximum Gasteiger partial charge on any atom is 0.311 e. The van der Waals surface area contributed by atoms with Crippen molar-refractivity contribution >= 4 is 23.0 Å². The lowest BCUT2D eigenvalue weighted by molar-refractivity contribution is -0.154. The fourth-order valence-corrected chi connectivity index (χ4v) is 3.22. The number of esters is 1. The third-order valence-electron chi connectivity index (χ3n) is 4.79. The van der Waals surface area contributed by atoms with Crippen LogP contribution in [0.25, 0.3) is 11.2 Å². The first-order chi connectivity index (χ1) is 11.0. The highest BCUT2D eigenvalue weighted by molar-refractivity contribution is 5.76. The van der Waals surface area contributed by atoms with E-state index < -0.39 is 5.41 Å². The molecule has 6 heteroatoms. The van der Waals surface area contributed by atoms with Gasteiger partial charge in [-0.25, -0.2) is 9.97 Å². The van der Waals surface area contributed by atoms with E-state index >= 15 is 0 Å². The summed E-state index contributed by atoms with van der Waals surface area (Å²) in [4.78, 5) is 27.4. The Hall–Kier alpha value is -2.24. The number of hydrogen-bond acceptors (Lipinski definition) is 6. The average Bonchev–Trinajstić information content (AvgIpc) is 2.60. The van der Waals surface area contributed by atoms with E-state index in [0.29, 0.717) is 5.65 Å². The Labute approximate surface area is 135 Å². The summed E-state index contributed by atoms with van der Waals surface area (Å²) in [6, 6.07) is 3.92. The number of ether oxygens (including phenoxy) is 1. The second kappa shape index (κ2) is 6.10. The normalized spacial score (nSPS) is 18.9. The number of pyridine rings is 1. The number of piperidine rings is 1. The molecule has 1 aliphatic rings. The lowest BCUT2D eigenvalue weighted by atomic mass is 9.74. The first-order valence-electron chi connectivity index (χ1n) is 7.93. The van der Waals surface area contributed by atoms with Gasteiger partial charge in [-0.2, -0.15) is 0 Å². The lowest BCUT2D eigenvalue weighted by Gasteiger charge is -2.40. The number of carbonyl (C=O) groups is 1. The van der Waals surface area contributed by atoms with Crippen LogP contribution in [0.1, 0.15) is 26.7 Å². The summed E-state index contributed by atoms with van der Waals surface area (Å²) in [6.45, 7) is 5.66. The van der Waals surface area contributed by atoms with Crippen LogP contribution in [0, 0.1) is 11.3 Å². The van der Waals surface area contributed by atoms with Crippen molar-refractivity contribution in [2.24, 2.45) is 11.3 Å². The van der Waals surface area contributed by atoms with Gasteiger partial charge in [-0.3, -0.25) is 9.78 Å². The molecular weight excluding hydrogens is 292 g/mol. The smallest absolute Gasteiger partial charge is 0.311 e. The van der Waals surface area contributed by atoms with Gasteiger partial charge in [-0.1, -0.05) is 0 Å². The van der Waals surface area contributed by atoms with Crippen molar-refractivity contribution < 1.29 is 9.53 Å². The first-order valence-corrected chi connectivity index (χ1v) is 7.93. The van der Waals surface area contributed by atoms with Crippen LogP contribution in [0.4, 0.5) is 5.82 Å². The van der Waals surface area contributed by atoms with Crippen LogP contribution in [-0.4, -0.2) is 41.1 Å². The fraction of sp³-hybridized carbons (Fsp3) is 0.529. The Kier molecular flexibility index (Phi) is 4.15. The molecule has 2 aromatic rings. The van der Waals surface area contributed by atoms with Gasteiger partial charge in [0.05, 0.1) is 12.5 Å². The summed E-state index contributed by atoms with van der Waals surface area (Å²) in [5.41, 5.74) is 0.948. The first kappa shape index (κ1) is 15.6. The summed E-state index contributed by atoms with van der Waals surface area (Å²) in [5.74, 6) is 0.980. The molecule has 1 aliphatic heterocycles. The van der Waals surface area contributed by atoms with Gasteiger partial charge in [-0.15, -0.1) is 0 Å². The Balaban J connectivity index is 1.83. The number of anilines is 1. The summed E-state index contributed by atoms with van der Waals surface area (Å²) in [6.07, 6.45) is 5.37. The minimum Gasteiger partial charge on any atom is -0.469 e. The minimum atomic E-state index is -0.496. The molecule has 122 valence electrons. The van der Waals surface area contributed by atoms with Gasteiger partial charge < -0.3 is 9.64 Å². The average molecular weight is 314 g/mol. The molecule has 1 atom stereocenters. The quantitative estimate of drug-likeness (QED) is 0.811. The molecule has 0 saturated carbocycles. The largest absolute Gasteiger partial charge is 0.469 e. The molecule has 0 aliphatic carbocycles. The van der Waals surface area contributed by atoms with Crippen molar-refractivity contribution in [3.05, 3.63) is 24.5 Å². The van der Waals surface area contributed by atoms with Gasteiger partial charge in [0.15, 0.2) is 5.65 Å². The number of aromatic nitrogens is 3. The van der Waals surface area contributed by atoms with Crippen LogP contribution in [0.5, 0.6) is 0 Å².